The molecular weight excluding hydrogens is 382 g/mol. The van der Waals surface area contributed by atoms with E-state index in [1.54, 1.807) is 12.1 Å². The average Bonchev–Trinajstić information content (AvgIpc) is 3.18. The zero-order chi connectivity index (χ0) is 21.3. The van der Waals surface area contributed by atoms with E-state index in [-0.39, 0.29) is 11.3 Å². The van der Waals surface area contributed by atoms with Crippen molar-refractivity contribution in [2.24, 2.45) is 0 Å². The molecule has 7 heteroatoms. The normalized spacial score (nSPS) is 11.0. The van der Waals surface area contributed by atoms with Crippen molar-refractivity contribution in [1.82, 2.24) is 15.2 Å². The fraction of sp³-hybridized carbons (Fsp3) is 0.174. The zero-order valence-electron chi connectivity index (χ0n) is 16.6. The summed E-state index contributed by atoms with van der Waals surface area (Å²) in [6.07, 6.45) is 0.922. The Kier molecular flexibility index (Phi) is 5.10. The van der Waals surface area contributed by atoms with Gasteiger partial charge in [-0.2, -0.15) is 5.10 Å². The third kappa shape index (κ3) is 3.45. The molecule has 0 bridgehead atoms. The molecule has 0 aliphatic rings. The number of carboxylic acids is 1. The van der Waals surface area contributed by atoms with Gasteiger partial charge in [-0.1, -0.05) is 31.2 Å². The maximum Gasteiger partial charge on any atom is 0.336 e. The molecule has 152 valence electrons. The number of aromatic hydroxyl groups is 1. The summed E-state index contributed by atoms with van der Waals surface area (Å²) in [5.74, 6) is -0.745. The Labute approximate surface area is 173 Å². The van der Waals surface area contributed by atoms with E-state index < -0.39 is 5.97 Å². The lowest BCUT2D eigenvalue weighted by Gasteiger charge is -2.09. The Morgan fingerprint density at radius 3 is 2.47 bits per heavy atom. The van der Waals surface area contributed by atoms with E-state index in [2.05, 4.69) is 22.1 Å². The van der Waals surface area contributed by atoms with Crippen LogP contribution in [0.5, 0.6) is 11.5 Å². The van der Waals surface area contributed by atoms with Gasteiger partial charge in [0.15, 0.2) is 17.1 Å². The molecule has 4 aromatic rings. The Morgan fingerprint density at radius 2 is 1.80 bits per heavy atom. The highest BCUT2D eigenvalue weighted by atomic mass is 16.5. The van der Waals surface area contributed by atoms with E-state index in [1.165, 1.54) is 17.7 Å². The third-order valence-corrected chi connectivity index (χ3v) is 4.96. The Bertz CT molecular complexity index is 1230. The van der Waals surface area contributed by atoms with Gasteiger partial charge in [0, 0.05) is 11.1 Å². The number of aromatic nitrogens is 3. The molecule has 0 atom stereocenters. The van der Waals surface area contributed by atoms with Gasteiger partial charge in [-0.15, -0.1) is 0 Å². The number of carbonyl (C=O) groups is 1. The molecule has 0 unspecified atom stereocenters. The number of ether oxygens (including phenoxy) is 1. The quantitative estimate of drug-likeness (QED) is 0.432. The molecule has 7 nitrogen and oxygen atoms in total. The summed E-state index contributed by atoms with van der Waals surface area (Å²) < 4.78 is 5.43. The summed E-state index contributed by atoms with van der Waals surface area (Å²) in [6.45, 7) is 4.29. The summed E-state index contributed by atoms with van der Waals surface area (Å²) in [5, 5.41) is 27.5. The number of hydrogen-bond donors (Lipinski definition) is 3. The number of phenolic OH excluding ortho intramolecular Hbond substituents is 1. The maximum atomic E-state index is 12.1. The lowest BCUT2D eigenvalue weighted by atomic mass is 10.0. The van der Waals surface area contributed by atoms with Crippen molar-refractivity contribution in [2.45, 2.75) is 20.3 Å². The number of pyridine rings is 1. The van der Waals surface area contributed by atoms with Crippen molar-refractivity contribution >= 4 is 17.0 Å². The van der Waals surface area contributed by atoms with Crippen LogP contribution in [0.25, 0.3) is 33.5 Å². The number of aromatic amines is 1. The molecule has 0 saturated carbocycles. The second kappa shape index (κ2) is 7.87. The van der Waals surface area contributed by atoms with E-state index in [4.69, 9.17) is 4.74 Å². The maximum absolute atomic E-state index is 12.1. The second-order valence-corrected chi connectivity index (χ2v) is 6.82. The minimum atomic E-state index is -1.07. The van der Waals surface area contributed by atoms with Crippen molar-refractivity contribution in [3.05, 3.63) is 59.7 Å². The average molecular weight is 403 g/mol. The molecule has 0 radical (unpaired) electrons. The van der Waals surface area contributed by atoms with Gasteiger partial charge in [-0.05, 0) is 43.2 Å². The molecule has 2 aromatic heterocycles. The Morgan fingerprint density at radius 1 is 1.07 bits per heavy atom. The first-order valence-corrected chi connectivity index (χ1v) is 9.69. The van der Waals surface area contributed by atoms with E-state index in [1.807, 2.05) is 31.2 Å². The highest BCUT2D eigenvalue weighted by molar-refractivity contribution is 6.08. The lowest BCUT2D eigenvalue weighted by molar-refractivity contribution is 0.0699. The smallest absolute Gasteiger partial charge is 0.336 e. The molecule has 0 saturated heterocycles. The Hall–Kier alpha value is -3.87. The summed E-state index contributed by atoms with van der Waals surface area (Å²) in [7, 11) is 0. The van der Waals surface area contributed by atoms with Crippen LogP contribution in [-0.2, 0) is 6.42 Å². The molecule has 0 amide bonds. The highest BCUT2D eigenvalue weighted by Crippen LogP contribution is 2.34. The van der Waals surface area contributed by atoms with Gasteiger partial charge in [0.25, 0.3) is 0 Å². The molecule has 3 N–H and O–H groups in total. The van der Waals surface area contributed by atoms with Crippen molar-refractivity contribution in [3.8, 4) is 34.0 Å². The number of aromatic carboxylic acids is 1. The minimum Gasteiger partial charge on any atom is -0.504 e. The standard InChI is InChI=1S/C23H21N3O4/c1-3-13-5-7-14(8-6-13)21-20-16(23(28)29)12-17(24-22(20)26-25-21)15-9-10-18(27)19(11-15)30-4-2/h5-12,27H,3-4H2,1-2H3,(H,28,29)(H,24,25,26). The molecule has 0 aliphatic heterocycles. The number of hydrogen-bond acceptors (Lipinski definition) is 5. The third-order valence-electron chi connectivity index (χ3n) is 4.96. The number of carboxylic acid groups (broad SMARTS) is 1. The first-order valence-electron chi connectivity index (χ1n) is 9.69. The van der Waals surface area contributed by atoms with Crippen LogP contribution in [0.1, 0.15) is 29.8 Å². The van der Waals surface area contributed by atoms with Crippen molar-refractivity contribution < 1.29 is 19.7 Å². The molecule has 0 spiro atoms. The van der Waals surface area contributed by atoms with E-state index in [0.717, 1.165) is 12.0 Å². The van der Waals surface area contributed by atoms with Gasteiger partial charge in [0.2, 0.25) is 0 Å². The largest absolute Gasteiger partial charge is 0.504 e. The number of aryl methyl sites for hydroxylation is 1. The molecular formula is C23H21N3O4. The molecule has 0 fully saturated rings. The lowest BCUT2D eigenvalue weighted by Crippen LogP contribution is -2.00. The second-order valence-electron chi connectivity index (χ2n) is 6.82. The fourth-order valence-electron chi connectivity index (χ4n) is 3.40. The van der Waals surface area contributed by atoms with Gasteiger partial charge in [0.05, 0.1) is 28.9 Å². The predicted octanol–water partition coefficient (Wildman–Crippen LogP) is 4.66. The number of nitrogens with one attached hydrogen (secondary N) is 1. The predicted molar refractivity (Wildman–Crippen MR) is 114 cm³/mol. The highest BCUT2D eigenvalue weighted by Gasteiger charge is 2.20. The number of phenols is 1. The molecule has 0 aliphatic carbocycles. The molecule has 2 aromatic carbocycles. The zero-order valence-corrected chi connectivity index (χ0v) is 16.6. The van der Waals surface area contributed by atoms with E-state index >= 15 is 0 Å². The molecule has 2 heterocycles. The van der Waals surface area contributed by atoms with Crippen LogP contribution in [-0.4, -0.2) is 38.0 Å². The van der Waals surface area contributed by atoms with Gasteiger partial charge in [-0.25, -0.2) is 9.78 Å². The van der Waals surface area contributed by atoms with Crippen molar-refractivity contribution in [1.29, 1.82) is 0 Å². The summed E-state index contributed by atoms with van der Waals surface area (Å²) in [6, 6.07) is 14.2. The minimum absolute atomic E-state index is 0.0118. The van der Waals surface area contributed by atoms with Crippen LogP contribution < -0.4 is 4.74 Å². The number of H-pyrrole nitrogens is 1. The van der Waals surface area contributed by atoms with Crippen LogP contribution >= 0.6 is 0 Å². The van der Waals surface area contributed by atoms with Gasteiger partial charge >= 0.3 is 5.97 Å². The van der Waals surface area contributed by atoms with Crippen molar-refractivity contribution in [3.63, 3.8) is 0 Å². The summed E-state index contributed by atoms with van der Waals surface area (Å²) in [5.41, 5.74) is 4.12. The summed E-state index contributed by atoms with van der Waals surface area (Å²) >= 11 is 0. The van der Waals surface area contributed by atoms with Gasteiger partial charge in [-0.3, -0.25) is 5.10 Å². The first-order chi connectivity index (χ1) is 14.5. The van der Waals surface area contributed by atoms with Crippen LogP contribution in [0, 0.1) is 0 Å². The number of fused-ring (bicyclic) bond motifs is 1. The van der Waals surface area contributed by atoms with Gasteiger partial charge < -0.3 is 14.9 Å². The summed E-state index contributed by atoms with van der Waals surface area (Å²) in [4.78, 5) is 16.6. The topological polar surface area (TPSA) is 108 Å². The van der Waals surface area contributed by atoms with Crippen LogP contribution in [0.15, 0.2) is 48.5 Å². The fourth-order valence-corrected chi connectivity index (χ4v) is 3.40. The first kappa shape index (κ1) is 19.4. The molecule has 4 rings (SSSR count). The number of benzene rings is 2. The number of rotatable bonds is 6. The monoisotopic (exact) mass is 403 g/mol. The Balaban J connectivity index is 1.88. The van der Waals surface area contributed by atoms with Crippen molar-refractivity contribution in [2.75, 3.05) is 6.61 Å². The van der Waals surface area contributed by atoms with E-state index in [9.17, 15) is 15.0 Å². The SMILES string of the molecule is CCOc1cc(-c2cc(C(=O)O)c3c(-c4ccc(CC)cc4)[nH]nc3n2)ccc1O. The van der Waals surface area contributed by atoms with Crippen LogP contribution in [0.2, 0.25) is 0 Å². The van der Waals surface area contributed by atoms with Crippen LogP contribution in [0.3, 0.4) is 0 Å². The van der Waals surface area contributed by atoms with E-state index in [0.29, 0.717) is 40.3 Å². The molecule has 30 heavy (non-hydrogen) atoms. The van der Waals surface area contributed by atoms with Gasteiger partial charge in [0.1, 0.15) is 0 Å². The number of nitrogens with zero attached hydrogens (tertiary/aromatic N) is 2. The van der Waals surface area contributed by atoms with Crippen LogP contribution in [0.4, 0.5) is 0 Å².